The van der Waals surface area contributed by atoms with Crippen molar-refractivity contribution in [3.8, 4) is 0 Å². The van der Waals surface area contributed by atoms with Crippen LogP contribution in [0.1, 0.15) is 5.89 Å². The first kappa shape index (κ1) is 13.5. The Morgan fingerprint density at radius 2 is 2.10 bits per heavy atom. The molecule has 0 radical (unpaired) electrons. The number of rotatable bonds is 5. The molecule has 0 atom stereocenters. The number of nitrogens with one attached hydrogen (secondary N) is 1. The van der Waals surface area contributed by atoms with Crippen LogP contribution in [0.5, 0.6) is 0 Å². The minimum atomic E-state index is 0.187. The summed E-state index contributed by atoms with van der Waals surface area (Å²) in [5.74, 6) is 1.74. The first-order chi connectivity index (χ1) is 10.3. The third kappa shape index (κ3) is 3.54. The van der Waals surface area contributed by atoms with E-state index in [4.69, 9.17) is 15.0 Å². The highest BCUT2D eigenvalue weighted by Crippen LogP contribution is 2.13. The Bertz CT molecular complexity index is 570. The van der Waals surface area contributed by atoms with Gasteiger partial charge in [-0.15, -0.1) is 0 Å². The minimum Gasteiger partial charge on any atom is -0.378 e. The topological polar surface area (TPSA) is 128 Å². The molecule has 0 aromatic carbocycles. The number of nitrogen functional groups attached to an aromatic ring is 1. The lowest BCUT2D eigenvalue weighted by atomic mass is 10.4. The van der Waals surface area contributed by atoms with E-state index < -0.39 is 0 Å². The predicted octanol–water partition coefficient (Wildman–Crippen LogP) is -0.672. The molecular weight excluding hydrogens is 276 g/mol. The summed E-state index contributed by atoms with van der Waals surface area (Å²) in [7, 11) is 0. The van der Waals surface area contributed by atoms with Crippen molar-refractivity contribution in [1.29, 1.82) is 0 Å². The van der Waals surface area contributed by atoms with Crippen LogP contribution in [-0.4, -0.2) is 57.9 Å². The van der Waals surface area contributed by atoms with Crippen LogP contribution in [-0.2, 0) is 11.2 Å². The van der Waals surface area contributed by atoms with E-state index >= 15 is 0 Å². The number of anilines is 3. The van der Waals surface area contributed by atoms with Crippen molar-refractivity contribution < 1.29 is 9.26 Å². The summed E-state index contributed by atoms with van der Waals surface area (Å²) in [6.07, 6.45) is 1.95. The fraction of sp³-hybridized carbons (Fsp3) is 0.545. The van der Waals surface area contributed by atoms with Crippen LogP contribution in [0.15, 0.2) is 10.9 Å². The van der Waals surface area contributed by atoms with Gasteiger partial charge in [-0.2, -0.15) is 19.9 Å². The molecule has 10 heteroatoms. The van der Waals surface area contributed by atoms with Crippen LogP contribution in [0, 0.1) is 0 Å². The molecular formula is C11H16N8O2. The van der Waals surface area contributed by atoms with Gasteiger partial charge in [-0.05, 0) is 0 Å². The molecule has 3 N–H and O–H groups in total. The van der Waals surface area contributed by atoms with Gasteiger partial charge in [-0.1, -0.05) is 5.16 Å². The molecule has 2 aromatic rings. The maximum Gasteiger partial charge on any atom is 0.232 e. The molecule has 21 heavy (non-hydrogen) atoms. The Hall–Kier alpha value is -2.49. The molecule has 1 fully saturated rings. The Labute approximate surface area is 120 Å². The van der Waals surface area contributed by atoms with E-state index in [-0.39, 0.29) is 5.95 Å². The number of nitrogens with zero attached hydrogens (tertiary/aromatic N) is 6. The summed E-state index contributed by atoms with van der Waals surface area (Å²) in [5.41, 5.74) is 5.73. The Morgan fingerprint density at radius 3 is 2.86 bits per heavy atom. The predicted molar refractivity (Wildman–Crippen MR) is 73.8 cm³/mol. The molecule has 3 heterocycles. The zero-order chi connectivity index (χ0) is 14.5. The first-order valence-corrected chi connectivity index (χ1v) is 6.65. The normalized spacial score (nSPS) is 15.1. The molecule has 3 rings (SSSR count). The number of hydrogen-bond acceptors (Lipinski definition) is 10. The second-order valence-corrected chi connectivity index (χ2v) is 4.43. The highest BCUT2D eigenvalue weighted by Gasteiger charge is 2.15. The van der Waals surface area contributed by atoms with Gasteiger partial charge < -0.3 is 25.2 Å². The van der Waals surface area contributed by atoms with Crippen molar-refractivity contribution in [1.82, 2.24) is 25.1 Å². The van der Waals surface area contributed by atoms with Crippen LogP contribution in [0.4, 0.5) is 17.8 Å². The van der Waals surface area contributed by atoms with E-state index in [1.807, 2.05) is 4.90 Å². The monoisotopic (exact) mass is 292 g/mol. The van der Waals surface area contributed by atoms with Crippen molar-refractivity contribution in [2.24, 2.45) is 0 Å². The lowest BCUT2D eigenvalue weighted by molar-refractivity contribution is 0.122. The molecule has 0 amide bonds. The smallest absolute Gasteiger partial charge is 0.232 e. The van der Waals surface area contributed by atoms with E-state index in [0.29, 0.717) is 44.0 Å². The van der Waals surface area contributed by atoms with E-state index in [1.54, 1.807) is 0 Å². The van der Waals surface area contributed by atoms with Gasteiger partial charge in [0.15, 0.2) is 6.33 Å². The highest BCUT2D eigenvalue weighted by molar-refractivity contribution is 5.42. The number of morpholine rings is 1. The van der Waals surface area contributed by atoms with Gasteiger partial charge in [0.25, 0.3) is 0 Å². The fourth-order valence-electron chi connectivity index (χ4n) is 1.95. The Morgan fingerprint density at radius 1 is 1.24 bits per heavy atom. The van der Waals surface area contributed by atoms with Crippen molar-refractivity contribution in [3.05, 3.63) is 12.2 Å². The number of ether oxygens (including phenoxy) is 1. The largest absolute Gasteiger partial charge is 0.378 e. The van der Waals surface area contributed by atoms with Crippen molar-refractivity contribution >= 4 is 17.8 Å². The molecule has 1 saturated heterocycles. The minimum absolute atomic E-state index is 0.187. The first-order valence-electron chi connectivity index (χ1n) is 6.65. The molecule has 0 aliphatic carbocycles. The molecule has 10 nitrogen and oxygen atoms in total. The summed E-state index contributed by atoms with van der Waals surface area (Å²) in [6.45, 7) is 3.36. The quantitative estimate of drug-likeness (QED) is 0.731. The SMILES string of the molecule is Nc1nc(NCCc2ncno2)nc(N2CCOCC2)n1. The van der Waals surface area contributed by atoms with Gasteiger partial charge in [-0.25, -0.2) is 0 Å². The van der Waals surface area contributed by atoms with Crippen LogP contribution >= 0.6 is 0 Å². The summed E-state index contributed by atoms with van der Waals surface area (Å²) in [6, 6.07) is 0. The second kappa shape index (κ2) is 6.31. The van der Waals surface area contributed by atoms with Crippen LogP contribution in [0.2, 0.25) is 0 Å². The maximum absolute atomic E-state index is 5.73. The number of hydrogen-bond donors (Lipinski definition) is 2. The van der Waals surface area contributed by atoms with Crippen LogP contribution in [0.3, 0.4) is 0 Å². The lowest BCUT2D eigenvalue weighted by Gasteiger charge is -2.26. The maximum atomic E-state index is 5.73. The summed E-state index contributed by atoms with van der Waals surface area (Å²) >= 11 is 0. The van der Waals surface area contributed by atoms with Gasteiger partial charge >= 0.3 is 0 Å². The third-order valence-electron chi connectivity index (χ3n) is 2.96. The summed E-state index contributed by atoms with van der Waals surface area (Å²) in [4.78, 5) is 18.6. The molecule has 0 unspecified atom stereocenters. The molecule has 1 aliphatic rings. The third-order valence-corrected chi connectivity index (χ3v) is 2.96. The fourth-order valence-corrected chi connectivity index (χ4v) is 1.95. The standard InChI is InChI=1S/C11H16N8O2/c12-9-16-10(13-2-1-8-14-7-15-21-8)18-11(17-9)19-3-5-20-6-4-19/h7H,1-6H2,(H3,12,13,16,17,18). The van der Waals surface area contributed by atoms with Crippen molar-refractivity contribution in [3.63, 3.8) is 0 Å². The number of nitrogens with two attached hydrogens (primary N) is 1. The summed E-state index contributed by atoms with van der Waals surface area (Å²) in [5, 5.41) is 6.62. The zero-order valence-corrected chi connectivity index (χ0v) is 11.4. The highest BCUT2D eigenvalue weighted by atomic mass is 16.5. The van der Waals surface area contributed by atoms with Crippen LogP contribution in [0.25, 0.3) is 0 Å². The average molecular weight is 292 g/mol. The molecule has 112 valence electrons. The summed E-state index contributed by atoms with van der Waals surface area (Å²) < 4.78 is 10.2. The van der Waals surface area contributed by atoms with Gasteiger partial charge in [0, 0.05) is 26.1 Å². The van der Waals surface area contributed by atoms with Crippen LogP contribution < -0.4 is 16.0 Å². The Balaban J connectivity index is 1.63. The number of aromatic nitrogens is 5. The van der Waals surface area contributed by atoms with Gasteiger partial charge in [0.05, 0.1) is 13.2 Å². The van der Waals surface area contributed by atoms with Crippen molar-refractivity contribution in [2.75, 3.05) is 48.8 Å². The molecule has 2 aromatic heterocycles. The van der Waals surface area contributed by atoms with Gasteiger partial charge in [0.1, 0.15) is 0 Å². The molecule has 0 saturated carbocycles. The molecule has 1 aliphatic heterocycles. The van der Waals surface area contributed by atoms with Gasteiger partial charge in [0.2, 0.25) is 23.7 Å². The van der Waals surface area contributed by atoms with Crippen molar-refractivity contribution in [2.45, 2.75) is 6.42 Å². The van der Waals surface area contributed by atoms with E-state index in [1.165, 1.54) is 6.33 Å². The van der Waals surface area contributed by atoms with E-state index in [9.17, 15) is 0 Å². The average Bonchev–Trinajstić information content (AvgIpc) is 3.01. The zero-order valence-electron chi connectivity index (χ0n) is 11.4. The van der Waals surface area contributed by atoms with E-state index in [0.717, 1.165) is 13.1 Å². The molecule has 0 spiro atoms. The Kier molecular flexibility index (Phi) is 4.05. The van der Waals surface area contributed by atoms with Gasteiger partial charge in [-0.3, -0.25) is 0 Å². The lowest BCUT2D eigenvalue weighted by Crippen LogP contribution is -2.37. The second-order valence-electron chi connectivity index (χ2n) is 4.43. The molecule has 0 bridgehead atoms. The van der Waals surface area contributed by atoms with E-state index in [2.05, 4.69) is 30.4 Å².